The van der Waals surface area contributed by atoms with Crippen molar-refractivity contribution in [1.82, 2.24) is 4.98 Å². The van der Waals surface area contributed by atoms with E-state index >= 15 is 0 Å². The van der Waals surface area contributed by atoms with Crippen molar-refractivity contribution in [3.8, 4) is 0 Å². The Labute approximate surface area is 172 Å². The van der Waals surface area contributed by atoms with Gasteiger partial charge in [0.1, 0.15) is 0 Å². The average molecular weight is 421 g/mol. The number of aromatic nitrogens is 1. The van der Waals surface area contributed by atoms with Gasteiger partial charge in [-0.25, -0.2) is 9.78 Å². The predicted octanol–water partition coefficient (Wildman–Crippen LogP) is 4.65. The van der Waals surface area contributed by atoms with Crippen LogP contribution in [-0.4, -0.2) is 40.9 Å². The number of rotatable bonds is 7. The largest absolute Gasteiger partial charge is 0.481 e. The first-order valence-electron chi connectivity index (χ1n) is 9.25. The molecule has 1 aromatic carbocycles. The van der Waals surface area contributed by atoms with Gasteiger partial charge in [-0.1, -0.05) is 17.4 Å². The van der Waals surface area contributed by atoms with Gasteiger partial charge < -0.3 is 15.3 Å². The molecular weight excluding hydrogens is 396 g/mol. The molecule has 0 radical (unpaired) electrons. The lowest BCUT2D eigenvalue weighted by atomic mass is 10.1. The minimum atomic E-state index is -0.822. The molecule has 1 aliphatic heterocycles. The van der Waals surface area contributed by atoms with Crippen molar-refractivity contribution in [2.45, 2.75) is 36.8 Å². The van der Waals surface area contributed by atoms with Gasteiger partial charge in [-0.2, -0.15) is 0 Å². The lowest BCUT2D eigenvalue weighted by molar-refractivity contribution is -0.136. The molecule has 1 aliphatic rings. The Hall–Kier alpha value is -2.26. The van der Waals surface area contributed by atoms with Crippen molar-refractivity contribution in [2.75, 3.05) is 34.4 Å². The molecule has 1 fully saturated rings. The molecule has 7 nitrogen and oxygen atoms in total. The topological polar surface area (TPSA) is 94.6 Å². The van der Waals surface area contributed by atoms with Crippen LogP contribution in [0.15, 0.2) is 28.6 Å². The summed E-state index contributed by atoms with van der Waals surface area (Å²) < 4.78 is 0.876. The van der Waals surface area contributed by atoms with Crippen molar-refractivity contribution in [3.05, 3.63) is 30.0 Å². The van der Waals surface area contributed by atoms with Gasteiger partial charge in [0.05, 0.1) is 28.2 Å². The number of thiazole rings is 1. The number of hydrogen-bond acceptors (Lipinski definition) is 6. The van der Waals surface area contributed by atoms with E-state index in [1.54, 1.807) is 6.20 Å². The molecule has 3 rings (SSSR count). The molecule has 0 spiro atoms. The number of amides is 2. The van der Waals surface area contributed by atoms with Crippen LogP contribution in [0.5, 0.6) is 0 Å². The van der Waals surface area contributed by atoms with Crippen molar-refractivity contribution >= 4 is 51.6 Å². The SMILES string of the molecule is Cc1ccc(NC(=O)Nc2ncc(SCCC(=O)O)s2)c(N2CCCCC2)c1. The van der Waals surface area contributed by atoms with Gasteiger partial charge in [-0.05, 0) is 43.9 Å². The van der Waals surface area contributed by atoms with Crippen LogP contribution in [0.3, 0.4) is 0 Å². The molecule has 150 valence electrons. The molecular formula is C19H24N4O3S2. The summed E-state index contributed by atoms with van der Waals surface area (Å²) in [4.78, 5) is 29.6. The third kappa shape index (κ3) is 5.87. The standard InChI is InChI=1S/C19H24N4O3S2/c1-13-5-6-14(15(11-13)23-8-3-2-4-9-23)21-18(26)22-19-20-12-17(28-19)27-10-7-16(24)25/h5-6,11-12H,2-4,7-10H2,1H3,(H,24,25)(H2,20,21,22,26). The number of carbonyl (C=O) groups is 2. The highest BCUT2D eigenvalue weighted by Crippen LogP contribution is 2.31. The minimum absolute atomic E-state index is 0.0957. The van der Waals surface area contributed by atoms with E-state index in [0.717, 1.165) is 34.2 Å². The van der Waals surface area contributed by atoms with Crippen LogP contribution >= 0.6 is 23.1 Å². The van der Waals surface area contributed by atoms with Crippen LogP contribution in [0, 0.1) is 6.92 Å². The maximum atomic E-state index is 12.5. The summed E-state index contributed by atoms with van der Waals surface area (Å²) in [6.45, 7) is 4.06. The van der Waals surface area contributed by atoms with Crippen molar-refractivity contribution in [1.29, 1.82) is 0 Å². The molecule has 2 heterocycles. The normalized spacial score (nSPS) is 14.0. The van der Waals surface area contributed by atoms with Crippen molar-refractivity contribution < 1.29 is 14.7 Å². The number of hydrogen-bond donors (Lipinski definition) is 3. The summed E-state index contributed by atoms with van der Waals surface area (Å²) in [5.41, 5.74) is 3.01. The molecule has 28 heavy (non-hydrogen) atoms. The molecule has 1 aromatic heterocycles. The Morgan fingerprint density at radius 2 is 2.04 bits per heavy atom. The molecule has 0 atom stereocenters. The van der Waals surface area contributed by atoms with E-state index in [0.29, 0.717) is 10.9 Å². The van der Waals surface area contributed by atoms with Gasteiger partial charge in [0, 0.05) is 18.8 Å². The maximum absolute atomic E-state index is 12.5. The highest BCUT2D eigenvalue weighted by Gasteiger charge is 2.16. The average Bonchev–Trinajstić information content (AvgIpc) is 3.10. The van der Waals surface area contributed by atoms with Crippen LogP contribution in [0.4, 0.5) is 21.3 Å². The molecule has 9 heteroatoms. The second kappa shape index (κ2) is 9.79. The summed E-state index contributed by atoms with van der Waals surface area (Å²) in [7, 11) is 0. The first-order chi connectivity index (χ1) is 13.5. The zero-order chi connectivity index (χ0) is 19.9. The van der Waals surface area contributed by atoms with Gasteiger partial charge in [0.2, 0.25) is 0 Å². The number of carbonyl (C=O) groups excluding carboxylic acids is 1. The van der Waals surface area contributed by atoms with E-state index in [1.165, 1.54) is 42.4 Å². The zero-order valence-electron chi connectivity index (χ0n) is 15.7. The molecule has 2 aromatic rings. The second-order valence-electron chi connectivity index (χ2n) is 6.62. The lowest BCUT2D eigenvalue weighted by Gasteiger charge is -2.30. The van der Waals surface area contributed by atoms with Crippen molar-refractivity contribution in [2.24, 2.45) is 0 Å². The Morgan fingerprint density at radius 1 is 1.25 bits per heavy atom. The Balaban J connectivity index is 1.60. The molecule has 3 N–H and O–H groups in total. The summed E-state index contributed by atoms with van der Waals surface area (Å²) in [6.07, 6.45) is 5.33. The zero-order valence-corrected chi connectivity index (χ0v) is 17.4. The number of nitrogens with zero attached hydrogens (tertiary/aromatic N) is 2. The van der Waals surface area contributed by atoms with Crippen LogP contribution < -0.4 is 15.5 Å². The van der Waals surface area contributed by atoms with E-state index in [-0.39, 0.29) is 12.5 Å². The van der Waals surface area contributed by atoms with Gasteiger partial charge in [0.25, 0.3) is 0 Å². The number of aryl methyl sites for hydroxylation is 1. The van der Waals surface area contributed by atoms with Gasteiger partial charge in [-0.3, -0.25) is 10.1 Å². The monoisotopic (exact) mass is 420 g/mol. The maximum Gasteiger partial charge on any atom is 0.325 e. The van der Waals surface area contributed by atoms with E-state index in [1.807, 2.05) is 12.1 Å². The van der Waals surface area contributed by atoms with Gasteiger partial charge >= 0.3 is 12.0 Å². The number of carboxylic acid groups (broad SMARTS) is 1. The van der Waals surface area contributed by atoms with E-state index < -0.39 is 5.97 Å². The van der Waals surface area contributed by atoms with Crippen LogP contribution in [-0.2, 0) is 4.79 Å². The van der Waals surface area contributed by atoms with Crippen LogP contribution in [0.1, 0.15) is 31.2 Å². The summed E-state index contributed by atoms with van der Waals surface area (Å²) in [5.74, 6) is -0.344. The fraction of sp³-hybridized carbons (Fsp3) is 0.421. The Morgan fingerprint density at radius 3 is 2.79 bits per heavy atom. The van der Waals surface area contributed by atoms with Crippen molar-refractivity contribution in [3.63, 3.8) is 0 Å². The van der Waals surface area contributed by atoms with E-state index in [2.05, 4.69) is 33.5 Å². The van der Waals surface area contributed by atoms with Crippen LogP contribution in [0.25, 0.3) is 0 Å². The van der Waals surface area contributed by atoms with E-state index in [4.69, 9.17) is 5.11 Å². The third-order valence-corrected chi connectivity index (χ3v) is 6.47. The highest BCUT2D eigenvalue weighted by atomic mass is 32.2. The summed E-state index contributed by atoms with van der Waals surface area (Å²) in [5, 5.41) is 14.9. The Kier molecular flexibility index (Phi) is 7.16. The first-order valence-corrected chi connectivity index (χ1v) is 11.1. The van der Waals surface area contributed by atoms with E-state index in [9.17, 15) is 9.59 Å². The number of nitrogens with one attached hydrogen (secondary N) is 2. The molecule has 1 saturated heterocycles. The number of piperidine rings is 1. The highest BCUT2D eigenvalue weighted by molar-refractivity contribution is 8.01. The van der Waals surface area contributed by atoms with Gasteiger partial charge in [0.15, 0.2) is 5.13 Å². The quantitative estimate of drug-likeness (QED) is 0.564. The molecule has 0 aliphatic carbocycles. The molecule has 2 amide bonds. The molecule has 0 saturated carbocycles. The summed E-state index contributed by atoms with van der Waals surface area (Å²) >= 11 is 2.75. The Bertz CT molecular complexity index is 834. The number of anilines is 3. The number of aliphatic carboxylic acids is 1. The number of benzene rings is 1. The lowest BCUT2D eigenvalue weighted by Crippen LogP contribution is -2.31. The smallest absolute Gasteiger partial charge is 0.325 e. The molecule has 0 unspecified atom stereocenters. The fourth-order valence-electron chi connectivity index (χ4n) is 3.02. The predicted molar refractivity (Wildman–Crippen MR) is 115 cm³/mol. The number of urea groups is 1. The fourth-order valence-corrected chi connectivity index (χ4v) is 4.89. The van der Waals surface area contributed by atoms with Crippen LogP contribution in [0.2, 0.25) is 0 Å². The minimum Gasteiger partial charge on any atom is -0.481 e. The second-order valence-corrected chi connectivity index (χ2v) is 9.05. The summed E-state index contributed by atoms with van der Waals surface area (Å²) in [6, 6.07) is 5.71. The third-order valence-electron chi connectivity index (χ3n) is 4.36. The number of thioether (sulfide) groups is 1. The first kappa shape index (κ1) is 20.5. The molecule has 0 bridgehead atoms. The van der Waals surface area contributed by atoms with Gasteiger partial charge in [-0.15, -0.1) is 11.8 Å². The number of carboxylic acids is 1.